The van der Waals surface area contributed by atoms with Crippen molar-refractivity contribution in [2.45, 2.75) is 32.8 Å². The van der Waals surface area contributed by atoms with Crippen LogP contribution in [0.15, 0.2) is 54.6 Å². The van der Waals surface area contributed by atoms with Gasteiger partial charge in [0.1, 0.15) is 12.4 Å². The summed E-state index contributed by atoms with van der Waals surface area (Å²) in [5.74, 6) is 0.218. The van der Waals surface area contributed by atoms with Gasteiger partial charge in [-0.1, -0.05) is 69.3 Å². The molecule has 0 atom stereocenters. The number of phenolic OH excluding ortho intramolecular Hbond substituents is 1. The van der Waals surface area contributed by atoms with Crippen LogP contribution in [-0.2, 0) is 16.8 Å². The molecule has 4 nitrogen and oxygen atoms in total. The van der Waals surface area contributed by atoms with Crippen molar-refractivity contribution in [2.24, 2.45) is 0 Å². The van der Waals surface area contributed by atoms with E-state index in [2.05, 4.69) is 26.1 Å². The number of carbonyl (C=O) groups excluding carboxylic acids is 1. The van der Waals surface area contributed by atoms with Gasteiger partial charge in [-0.25, -0.2) is 4.79 Å². The normalized spacial score (nSPS) is 11.5. The number of benzene rings is 2. The molecular formula is C21H25NO3. The van der Waals surface area contributed by atoms with E-state index in [9.17, 15) is 9.90 Å². The van der Waals surface area contributed by atoms with Gasteiger partial charge in [-0.3, -0.25) is 0 Å². The summed E-state index contributed by atoms with van der Waals surface area (Å²) in [6.07, 6.45) is 3.11. The van der Waals surface area contributed by atoms with Crippen LogP contribution in [0, 0.1) is 0 Å². The summed E-state index contributed by atoms with van der Waals surface area (Å²) in [6.45, 7) is 6.93. The largest absolute Gasteiger partial charge is 0.507 e. The first-order valence-corrected chi connectivity index (χ1v) is 8.31. The predicted octanol–water partition coefficient (Wildman–Crippen LogP) is 4.63. The number of hydrogen-bond donors (Lipinski definition) is 2. The lowest BCUT2D eigenvalue weighted by atomic mass is 9.86. The lowest BCUT2D eigenvalue weighted by Gasteiger charge is -2.19. The summed E-state index contributed by atoms with van der Waals surface area (Å²) in [7, 11) is 0. The number of rotatable bonds is 5. The highest BCUT2D eigenvalue weighted by Crippen LogP contribution is 2.27. The van der Waals surface area contributed by atoms with Crippen molar-refractivity contribution in [2.75, 3.05) is 6.54 Å². The van der Waals surface area contributed by atoms with E-state index in [1.165, 1.54) is 0 Å². The molecule has 0 aromatic heterocycles. The SMILES string of the molecule is CC(C)(C)c1ccc(O)c(C=CCNC(=O)OCc2ccccc2)c1. The van der Waals surface area contributed by atoms with Crippen LogP contribution in [0.5, 0.6) is 5.75 Å². The third kappa shape index (κ3) is 5.99. The van der Waals surface area contributed by atoms with Gasteiger partial charge in [-0.05, 0) is 28.7 Å². The third-order valence-corrected chi connectivity index (χ3v) is 3.77. The van der Waals surface area contributed by atoms with Crippen LogP contribution in [0.2, 0.25) is 0 Å². The van der Waals surface area contributed by atoms with Crippen LogP contribution < -0.4 is 5.32 Å². The molecule has 0 aliphatic rings. The van der Waals surface area contributed by atoms with Gasteiger partial charge in [0.15, 0.2) is 0 Å². The first-order valence-electron chi connectivity index (χ1n) is 8.31. The zero-order valence-electron chi connectivity index (χ0n) is 15.0. The summed E-state index contributed by atoms with van der Waals surface area (Å²) < 4.78 is 5.13. The molecule has 132 valence electrons. The molecule has 0 heterocycles. The lowest BCUT2D eigenvalue weighted by molar-refractivity contribution is 0.141. The Bertz CT molecular complexity index is 731. The maximum absolute atomic E-state index is 11.7. The summed E-state index contributed by atoms with van der Waals surface area (Å²) in [5, 5.41) is 12.6. The molecule has 0 aliphatic heterocycles. The van der Waals surface area contributed by atoms with Gasteiger partial charge in [-0.2, -0.15) is 0 Å². The third-order valence-electron chi connectivity index (χ3n) is 3.77. The van der Waals surface area contributed by atoms with Crippen LogP contribution >= 0.6 is 0 Å². The minimum absolute atomic E-state index is 0.00971. The van der Waals surface area contributed by atoms with Gasteiger partial charge < -0.3 is 15.2 Å². The first-order chi connectivity index (χ1) is 11.9. The Balaban J connectivity index is 1.84. The molecule has 25 heavy (non-hydrogen) atoms. The summed E-state index contributed by atoms with van der Waals surface area (Å²) in [5.41, 5.74) is 2.82. The second kappa shape index (κ2) is 8.38. The van der Waals surface area contributed by atoms with Crippen molar-refractivity contribution < 1.29 is 14.6 Å². The number of hydrogen-bond acceptors (Lipinski definition) is 3. The fraction of sp³-hybridized carbons (Fsp3) is 0.286. The maximum atomic E-state index is 11.7. The number of ether oxygens (including phenoxy) is 1. The predicted molar refractivity (Wildman–Crippen MR) is 100 cm³/mol. The van der Waals surface area contributed by atoms with E-state index >= 15 is 0 Å². The van der Waals surface area contributed by atoms with Gasteiger partial charge in [0.25, 0.3) is 0 Å². The maximum Gasteiger partial charge on any atom is 0.407 e. The average Bonchev–Trinajstić information content (AvgIpc) is 2.58. The van der Waals surface area contributed by atoms with Gasteiger partial charge in [0.2, 0.25) is 0 Å². The van der Waals surface area contributed by atoms with E-state index < -0.39 is 6.09 Å². The van der Waals surface area contributed by atoms with Crippen LogP contribution in [0.25, 0.3) is 6.08 Å². The quantitative estimate of drug-likeness (QED) is 0.835. The standard InChI is InChI=1S/C21H25NO3/c1-21(2,3)18-11-12-19(23)17(14-18)10-7-13-22-20(24)25-15-16-8-5-4-6-9-16/h4-12,14,23H,13,15H2,1-3H3,(H,22,24). The molecular weight excluding hydrogens is 314 g/mol. The summed E-state index contributed by atoms with van der Waals surface area (Å²) in [6, 6.07) is 15.1. The van der Waals surface area contributed by atoms with Crippen LogP contribution in [0.1, 0.15) is 37.5 Å². The molecule has 0 saturated heterocycles. The number of nitrogens with one attached hydrogen (secondary N) is 1. The Morgan fingerprint density at radius 3 is 2.56 bits per heavy atom. The number of carbonyl (C=O) groups is 1. The molecule has 0 spiro atoms. The average molecular weight is 339 g/mol. The summed E-state index contributed by atoms with van der Waals surface area (Å²) in [4.78, 5) is 11.7. The lowest BCUT2D eigenvalue weighted by Crippen LogP contribution is -2.24. The minimum Gasteiger partial charge on any atom is -0.507 e. The Morgan fingerprint density at radius 2 is 1.88 bits per heavy atom. The van der Waals surface area contributed by atoms with Crippen LogP contribution in [-0.4, -0.2) is 17.7 Å². The summed E-state index contributed by atoms with van der Waals surface area (Å²) >= 11 is 0. The Labute approximate surface area is 149 Å². The first kappa shape index (κ1) is 18.6. The van der Waals surface area contributed by atoms with Gasteiger partial charge in [0, 0.05) is 12.1 Å². The highest BCUT2D eigenvalue weighted by atomic mass is 16.5. The van der Waals surface area contributed by atoms with E-state index in [1.54, 1.807) is 18.2 Å². The molecule has 2 rings (SSSR count). The van der Waals surface area contributed by atoms with E-state index in [1.807, 2.05) is 42.5 Å². The molecule has 0 aliphatic carbocycles. The highest BCUT2D eigenvalue weighted by Gasteiger charge is 2.14. The molecule has 4 heteroatoms. The van der Waals surface area contributed by atoms with Crippen molar-refractivity contribution >= 4 is 12.2 Å². The van der Waals surface area contributed by atoms with Crippen molar-refractivity contribution in [3.8, 4) is 5.75 Å². The molecule has 2 aromatic carbocycles. The van der Waals surface area contributed by atoms with E-state index in [0.717, 1.165) is 16.7 Å². The number of amides is 1. The zero-order valence-corrected chi connectivity index (χ0v) is 15.0. The monoisotopic (exact) mass is 339 g/mol. The molecule has 0 unspecified atom stereocenters. The minimum atomic E-state index is -0.471. The van der Waals surface area contributed by atoms with Crippen molar-refractivity contribution in [1.82, 2.24) is 5.32 Å². The number of alkyl carbamates (subject to hydrolysis) is 1. The molecule has 1 amide bonds. The molecule has 2 aromatic rings. The molecule has 0 bridgehead atoms. The van der Waals surface area contributed by atoms with E-state index in [4.69, 9.17) is 4.74 Å². The Kier molecular flexibility index (Phi) is 6.23. The van der Waals surface area contributed by atoms with Crippen molar-refractivity contribution in [3.05, 3.63) is 71.3 Å². The van der Waals surface area contributed by atoms with Gasteiger partial charge in [0.05, 0.1) is 0 Å². The molecule has 2 N–H and O–H groups in total. The van der Waals surface area contributed by atoms with Gasteiger partial charge >= 0.3 is 6.09 Å². The fourth-order valence-corrected chi connectivity index (χ4v) is 2.26. The smallest absolute Gasteiger partial charge is 0.407 e. The van der Waals surface area contributed by atoms with E-state index in [-0.39, 0.29) is 17.8 Å². The van der Waals surface area contributed by atoms with Crippen LogP contribution in [0.4, 0.5) is 4.79 Å². The topological polar surface area (TPSA) is 58.6 Å². The molecule has 0 saturated carbocycles. The number of phenols is 1. The number of aromatic hydroxyl groups is 1. The second-order valence-electron chi connectivity index (χ2n) is 6.87. The highest BCUT2D eigenvalue weighted by molar-refractivity contribution is 5.68. The van der Waals surface area contributed by atoms with Gasteiger partial charge in [-0.15, -0.1) is 0 Å². The van der Waals surface area contributed by atoms with Crippen molar-refractivity contribution in [1.29, 1.82) is 0 Å². The molecule has 0 radical (unpaired) electrons. The van der Waals surface area contributed by atoms with Crippen LogP contribution in [0.3, 0.4) is 0 Å². The Morgan fingerprint density at radius 1 is 1.16 bits per heavy atom. The fourth-order valence-electron chi connectivity index (χ4n) is 2.26. The Hall–Kier alpha value is -2.75. The molecule has 0 fully saturated rings. The zero-order chi connectivity index (χ0) is 18.3. The van der Waals surface area contributed by atoms with E-state index in [0.29, 0.717) is 6.54 Å². The van der Waals surface area contributed by atoms with Crippen molar-refractivity contribution in [3.63, 3.8) is 0 Å². The second-order valence-corrected chi connectivity index (χ2v) is 6.87.